The van der Waals surface area contributed by atoms with Crippen LogP contribution >= 0.6 is 11.6 Å². The van der Waals surface area contributed by atoms with Gasteiger partial charge in [0, 0.05) is 39.3 Å². The molecule has 130 valence electrons. The minimum absolute atomic E-state index is 0.0693. The molecule has 8 heteroatoms. The van der Waals surface area contributed by atoms with Crippen molar-refractivity contribution in [3.05, 3.63) is 28.2 Å². The average molecular weight is 351 g/mol. The van der Waals surface area contributed by atoms with Crippen molar-refractivity contribution >= 4 is 23.3 Å². The Morgan fingerprint density at radius 1 is 1.29 bits per heavy atom. The van der Waals surface area contributed by atoms with Crippen LogP contribution < -0.4 is 10.2 Å². The van der Waals surface area contributed by atoms with E-state index in [9.17, 15) is 4.79 Å². The Labute approximate surface area is 146 Å². The van der Waals surface area contributed by atoms with Crippen LogP contribution in [0.2, 0.25) is 5.02 Å². The number of anilines is 1. The number of carbonyl (C=O) groups excluding carboxylic acids is 1. The quantitative estimate of drug-likeness (QED) is 0.917. The topological polar surface area (TPSA) is 68.0 Å². The molecule has 1 fully saturated rings. The zero-order valence-corrected chi connectivity index (χ0v) is 15.3. The predicted molar refractivity (Wildman–Crippen MR) is 93.6 cm³/mol. The van der Waals surface area contributed by atoms with E-state index in [0.717, 1.165) is 43.1 Å². The molecule has 0 aliphatic carbocycles. The van der Waals surface area contributed by atoms with E-state index >= 15 is 0 Å². The van der Waals surface area contributed by atoms with Crippen molar-refractivity contribution in [2.45, 2.75) is 32.7 Å². The number of nitrogens with one attached hydrogen (secondary N) is 1. The van der Waals surface area contributed by atoms with Crippen molar-refractivity contribution in [3.63, 3.8) is 0 Å². The highest BCUT2D eigenvalue weighted by molar-refractivity contribution is 6.34. The molecule has 0 bridgehead atoms. The maximum absolute atomic E-state index is 12.5. The minimum atomic E-state index is -0.211. The van der Waals surface area contributed by atoms with Crippen LogP contribution in [0.5, 0.6) is 0 Å². The lowest BCUT2D eigenvalue weighted by Crippen LogP contribution is -2.48. The number of aromatic nitrogens is 4. The number of amides is 1. The number of aryl methyl sites for hydroxylation is 3. The van der Waals surface area contributed by atoms with Crippen molar-refractivity contribution in [1.82, 2.24) is 24.9 Å². The van der Waals surface area contributed by atoms with Crippen molar-refractivity contribution in [2.24, 2.45) is 14.1 Å². The number of rotatable bonds is 3. The van der Waals surface area contributed by atoms with Crippen molar-refractivity contribution in [3.8, 4) is 0 Å². The normalized spacial score (nSPS) is 18.0. The molecule has 0 unspecified atom stereocenters. The second-order valence-corrected chi connectivity index (χ2v) is 6.78. The van der Waals surface area contributed by atoms with E-state index in [1.165, 1.54) is 0 Å². The Morgan fingerprint density at radius 3 is 2.62 bits per heavy atom. The van der Waals surface area contributed by atoms with E-state index in [1.54, 1.807) is 11.7 Å². The van der Waals surface area contributed by atoms with E-state index in [0.29, 0.717) is 10.7 Å². The van der Waals surface area contributed by atoms with Gasteiger partial charge in [-0.2, -0.15) is 10.2 Å². The molecule has 2 aromatic heterocycles. The van der Waals surface area contributed by atoms with Crippen LogP contribution in [0, 0.1) is 13.8 Å². The largest absolute Gasteiger partial charge is 0.355 e. The second-order valence-electron chi connectivity index (χ2n) is 6.40. The lowest BCUT2D eigenvalue weighted by atomic mass is 10.1. The van der Waals surface area contributed by atoms with Crippen molar-refractivity contribution < 1.29 is 4.79 Å². The second kappa shape index (κ2) is 6.47. The van der Waals surface area contributed by atoms with Crippen molar-refractivity contribution in [1.29, 1.82) is 0 Å². The highest BCUT2D eigenvalue weighted by Crippen LogP contribution is 2.22. The summed E-state index contributed by atoms with van der Waals surface area (Å²) in [6.45, 7) is 5.56. The Hall–Kier alpha value is -2.02. The third kappa shape index (κ3) is 3.13. The van der Waals surface area contributed by atoms with E-state index in [-0.39, 0.29) is 11.9 Å². The first-order chi connectivity index (χ1) is 11.4. The fourth-order valence-corrected chi connectivity index (χ4v) is 3.42. The SMILES string of the molecule is Cc1cc(N2CCC[C@@H](NC(=O)c3nn(C)c(C)c3Cl)C2)n(C)n1. The molecule has 0 radical (unpaired) electrons. The molecule has 24 heavy (non-hydrogen) atoms. The summed E-state index contributed by atoms with van der Waals surface area (Å²) in [7, 11) is 3.73. The maximum atomic E-state index is 12.5. The van der Waals surface area contributed by atoms with E-state index in [4.69, 9.17) is 11.6 Å². The molecule has 1 aliphatic heterocycles. The highest BCUT2D eigenvalue weighted by Gasteiger charge is 2.26. The molecular weight excluding hydrogens is 328 g/mol. The summed E-state index contributed by atoms with van der Waals surface area (Å²) in [4.78, 5) is 14.8. The number of carbonyl (C=O) groups is 1. The van der Waals surface area contributed by atoms with Crippen LogP contribution in [0.15, 0.2) is 6.07 Å². The first-order valence-corrected chi connectivity index (χ1v) is 8.50. The Balaban J connectivity index is 1.70. The lowest BCUT2D eigenvalue weighted by molar-refractivity contribution is 0.0927. The molecule has 1 aliphatic rings. The van der Waals surface area contributed by atoms with Crippen molar-refractivity contribution in [2.75, 3.05) is 18.0 Å². The van der Waals surface area contributed by atoms with Gasteiger partial charge < -0.3 is 10.2 Å². The molecule has 0 aromatic carbocycles. The minimum Gasteiger partial charge on any atom is -0.355 e. The zero-order valence-electron chi connectivity index (χ0n) is 14.5. The van der Waals surface area contributed by atoms with Gasteiger partial charge in [-0.05, 0) is 26.7 Å². The molecule has 0 saturated carbocycles. The third-order valence-electron chi connectivity index (χ3n) is 4.53. The van der Waals surface area contributed by atoms with Gasteiger partial charge >= 0.3 is 0 Å². The molecule has 0 spiro atoms. The van der Waals surface area contributed by atoms with Crippen LogP contribution in [-0.4, -0.2) is 44.6 Å². The molecular formula is C16H23ClN6O. The summed E-state index contributed by atoms with van der Waals surface area (Å²) in [6, 6.07) is 2.14. The maximum Gasteiger partial charge on any atom is 0.273 e. The van der Waals surface area contributed by atoms with Crippen LogP contribution in [-0.2, 0) is 14.1 Å². The van der Waals surface area contributed by atoms with Gasteiger partial charge in [-0.15, -0.1) is 0 Å². The number of hydrogen-bond donors (Lipinski definition) is 1. The first-order valence-electron chi connectivity index (χ1n) is 8.12. The number of nitrogens with zero attached hydrogens (tertiary/aromatic N) is 5. The molecule has 7 nitrogen and oxygen atoms in total. The van der Waals surface area contributed by atoms with Gasteiger partial charge in [-0.25, -0.2) is 0 Å². The average Bonchev–Trinajstić information content (AvgIpc) is 3.01. The fraction of sp³-hybridized carbons (Fsp3) is 0.562. The summed E-state index contributed by atoms with van der Waals surface area (Å²) in [5.41, 5.74) is 2.08. The Bertz CT molecular complexity index is 765. The number of halogens is 1. The van der Waals surface area contributed by atoms with E-state index in [2.05, 4.69) is 26.5 Å². The predicted octanol–water partition coefficient (Wildman–Crippen LogP) is 1.82. The van der Waals surface area contributed by atoms with E-state index in [1.807, 2.05) is 25.6 Å². The van der Waals surface area contributed by atoms with Gasteiger partial charge in [0.2, 0.25) is 0 Å². The van der Waals surface area contributed by atoms with E-state index < -0.39 is 0 Å². The molecule has 3 heterocycles. The molecule has 1 N–H and O–H groups in total. The summed E-state index contributed by atoms with van der Waals surface area (Å²) in [5, 5.41) is 12.1. The summed E-state index contributed by atoms with van der Waals surface area (Å²) in [6.07, 6.45) is 1.96. The lowest BCUT2D eigenvalue weighted by Gasteiger charge is -2.34. The molecule has 1 amide bonds. The standard InChI is InChI=1S/C16H23ClN6O/c1-10-8-13(22(4)19-10)23-7-5-6-12(9-23)18-16(24)15-14(17)11(2)21(3)20-15/h8,12H,5-7,9H2,1-4H3,(H,18,24)/t12-/m1/s1. The highest BCUT2D eigenvalue weighted by atomic mass is 35.5. The van der Waals surface area contributed by atoms with Gasteiger partial charge in [0.1, 0.15) is 5.82 Å². The Morgan fingerprint density at radius 2 is 2.04 bits per heavy atom. The number of hydrogen-bond acceptors (Lipinski definition) is 4. The first kappa shape index (κ1) is 16.8. The molecule has 2 aromatic rings. The van der Waals surface area contributed by atoms with Crippen LogP contribution in [0.1, 0.15) is 34.7 Å². The van der Waals surface area contributed by atoms with Crippen LogP contribution in [0.25, 0.3) is 0 Å². The van der Waals surface area contributed by atoms with Gasteiger partial charge in [0.25, 0.3) is 5.91 Å². The molecule has 1 atom stereocenters. The monoisotopic (exact) mass is 350 g/mol. The Kier molecular flexibility index (Phi) is 4.54. The van der Waals surface area contributed by atoms with Crippen LogP contribution in [0.3, 0.4) is 0 Å². The molecule has 1 saturated heterocycles. The third-order valence-corrected chi connectivity index (χ3v) is 4.99. The fourth-order valence-electron chi connectivity index (χ4n) is 3.18. The van der Waals surface area contributed by atoms with Gasteiger partial charge in [0.15, 0.2) is 5.69 Å². The van der Waals surface area contributed by atoms with Gasteiger partial charge in [0.05, 0.1) is 16.4 Å². The summed E-state index contributed by atoms with van der Waals surface area (Å²) < 4.78 is 3.52. The molecule has 3 rings (SSSR count). The number of piperidine rings is 1. The summed E-state index contributed by atoms with van der Waals surface area (Å²) >= 11 is 6.21. The van der Waals surface area contributed by atoms with Gasteiger partial charge in [-0.3, -0.25) is 14.2 Å². The van der Waals surface area contributed by atoms with Gasteiger partial charge in [-0.1, -0.05) is 11.6 Å². The van der Waals surface area contributed by atoms with Crippen LogP contribution in [0.4, 0.5) is 5.82 Å². The zero-order chi connectivity index (χ0) is 17.4. The smallest absolute Gasteiger partial charge is 0.273 e. The summed E-state index contributed by atoms with van der Waals surface area (Å²) in [5.74, 6) is 0.870.